The Morgan fingerprint density at radius 2 is 1.94 bits per heavy atom. The van der Waals surface area contributed by atoms with Gasteiger partial charge in [0.1, 0.15) is 5.52 Å². The number of anilines is 1. The lowest BCUT2D eigenvalue weighted by Crippen LogP contribution is -2.34. The summed E-state index contributed by atoms with van der Waals surface area (Å²) in [7, 11) is 1.31. The standard InChI is InChI=1S/C21H15N5O5S/c1-30-18-4-2-13(10-16(18)26(28)29)19(27)25-21(32)23-14-3-5-17-15(11-14)24-20(31-17)12-6-8-22-9-7-12/h2-11H,1H3,(H2,23,25,27,32). The Morgan fingerprint density at radius 1 is 1.16 bits per heavy atom. The maximum absolute atomic E-state index is 12.5. The van der Waals surface area contributed by atoms with Crippen molar-refractivity contribution in [3.63, 3.8) is 0 Å². The van der Waals surface area contributed by atoms with Gasteiger partial charge in [-0.1, -0.05) is 0 Å². The number of pyridine rings is 1. The molecule has 4 rings (SSSR count). The van der Waals surface area contributed by atoms with E-state index in [0.717, 1.165) is 11.6 Å². The fourth-order valence-electron chi connectivity index (χ4n) is 2.93. The Balaban J connectivity index is 1.47. The van der Waals surface area contributed by atoms with Crippen molar-refractivity contribution in [1.29, 1.82) is 0 Å². The van der Waals surface area contributed by atoms with Crippen LogP contribution in [0.2, 0.25) is 0 Å². The molecule has 32 heavy (non-hydrogen) atoms. The van der Waals surface area contributed by atoms with Crippen LogP contribution in [-0.4, -0.2) is 33.0 Å². The molecular formula is C21H15N5O5S. The monoisotopic (exact) mass is 449 g/mol. The zero-order valence-corrected chi connectivity index (χ0v) is 17.4. The molecule has 0 atom stereocenters. The number of fused-ring (bicyclic) bond motifs is 1. The SMILES string of the molecule is COc1ccc(C(=O)NC(=S)Nc2ccc3oc(-c4ccncc4)nc3c2)cc1[N+](=O)[O-]. The van der Waals surface area contributed by atoms with E-state index in [1.54, 1.807) is 42.7 Å². The highest BCUT2D eigenvalue weighted by molar-refractivity contribution is 7.80. The van der Waals surface area contributed by atoms with Gasteiger partial charge >= 0.3 is 5.69 Å². The minimum atomic E-state index is -0.625. The van der Waals surface area contributed by atoms with E-state index in [9.17, 15) is 14.9 Å². The predicted molar refractivity (Wildman–Crippen MR) is 121 cm³/mol. The van der Waals surface area contributed by atoms with Crippen LogP contribution in [0.3, 0.4) is 0 Å². The number of rotatable bonds is 5. The average Bonchev–Trinajstić information content (AvgIpc) is 3.22. The van der Waals surface area contributed by atoms with Crippen molar-refractivity contribution in [2.45, 2.75) is 0 Å². The van der Waals surface area contributed by atoms with E-state index in [-0.39, 0.29) is 22.1 Å². The summed E-state index contributed by atoms with van der Waals surface area (Å²) in [5.74, 6) is -0.0911. The molecule has 0 radical (unpaired) electrons. The second kappa shape index (κ2) is 8.78. The minimum Gasteiger partial charge on any atom is -0.490 e. The van der Waals surface area contributed by atoms with Crippen molar-refractivity contribution in [1.82, 2.24) is 15.3 Å². The highest BCUT2D eigenvalue weighted by atomic mass is 32.1. The first-order valence-electron chi connectivity index (χ1n) is 9.20. The third-order valence-corrected chi connectivity index (χ3v) is 4.64. The summed E-state index contributed by atoms with van der Waals surface area (Å²) in [4.78, 5) is 31.4. The number of benzene rings is 2. The van der Waals surface area contributed by atoms with Crippen LogP contribution in [0.4, 0.5) is 11.4 Å². The number of nitro groups is 1. The minimum absolute atomic E-state index is 0.0191. The molecule has 0 aliphatic carbocycles. The largest absolute Gasteiger partial charge is 0.490 e. The molecule has 0 spiro atoms. The van der Waals surface area contributed by atoms with E-state index < -0.39 is 10.8 Å². The number of hydrogen-bond acceptors (Lipinski definition) is 8. The van der Waals surface area contributed by atoms with Gasteiger partial charge in [0.15, 0.2) is 16.4 Å². The molecule has 2 N–H and O–H groups in total. The van der Waals surface area contributed by atoms with Crippen molar-refractivity contribution in [3.05, 3.63) is 76.6 Å². The second-order valence-electron chi connectivity index (χ2n) is 6.49. The Bertz CT molecular complexity index is 1340. The third-order valence-electron chi connectivity index (χ3n) is 4.44. The lowest BCUT2D eigenvalue weighted by molar-refractivity contribution is -0.385. The van der Waals surface area contributed by atoms with Gasteiger partial charge in [-0.3, -0.25) is 25.2 Å². The number of nitrogens with one attached hydrogen (secondary N) is 2. The molecular weight excluding hydrogens is 434 g/mol. The van der Waals surface area contributed by atoms with Gasteiger partial charge in [-0.25, -0.2) is 4.98 Å². The first-order chi connectivity index (χ1) is 15.4. The molecule has 0 unspecified atom stereocenters. The van der Waals surface area contributed by atoms with Crippen molar-refractivity contribution in [2.24, 2.45) is 0 Å². The summed E-state index contributed by atoms with van der Waals surface area (Å²) in [6.07, 6.45) is 3.30. The number of oxazole rings is 1. The molecule has 10 nitrogen and oxygen atoms in total. The molecule has 0 fully saturated rings. The Kier molecular flexibility index (Phi) is 5.73. The van der Waals surface area contributed by atoms with Crippen LogP contribution < -0.4 is 15.4 Å². The quantitative estimate of drug-likeness (QED) is 0.264. The van der Waals surface area contributed by atoms with Gasteiger partial charge in [0.25, 0.3) is 5.91 Å². The van der Waals surface area contributed by atoms with Gasteiger partial charge < -0.3 is 14.5 Å². The number of ether oxygens (including phenoxy) is 1. The molecule has 11 heteroatoms. The van der Waals surface area contributed by atoms with Crippen LogP contribution in [0, 0.1) is 10.1 Å². The topological polar surface area (TPSA) is 132 Å². The first-order valence-corrected chi connectivity index (χ1v) is 9.61. The second-order valence-corrected chi connectivity index (χ2v) is 6.90. The van der Waals surface area contributed by atoms with Gasteiger partial charge in [0, 0.05) is 35.3 Å². The Hall–Kier alpha value is -4.38. The number of amides is 1. The summed E-state index contributed by atoms with van der Waals surface area (Å²) in [6, 6.07) is 12.6. The van der Waals surface area contributed by atoms with Crippen LogP contribution in [-0.2, 0) is 0 Å². The number of nitro benzene ring substituents is 1. The molecule has 0 aliphatic rings. The van der Waals surface area contributed by atoms with Crippen molar-refractivity contribution in [2.75, 3.05) is 12.4 Å². The van der Waals surface area contributed by atoms with Gasteiger partial charge in [-0.2, -0.15) is 0 Å². The number of carbonyl (C=O) groups is 1. The zero-order chi connectivity index (χ0) is 22.7. The molecule has 2 aromatic heterocycles. The molecule has 160 valence electrons. The molecule has 0 aliphatic heterocycles. The number of thiocarbonyl (C=S) groups is 1. The van der Waals surface area contributed by atoms with Gasteiger partial charge in [-0.15, -0.1) is 0 Å². The number of carbonyl (C=O) groups excluding carboxylic acids is 1. The van der Waals surface area contributed by atoms with E-state index in [1.807, 2.05) is 0 Å². The van der Waals surface area contributed by atoms with E-state index in [4.69, 9.17) is 21.4 Å². The number of nitrogens with zero attached hydrogens (tertiary/aromatic N) is 3. The average molecular weight is 449 g/mol. The van der Waals surface area contributed by atoms with E-state index in [2.05, 4.69) is 20.6 Å². The maximum atomic E-state index is 12.5. The fraction of sp³-hybridized carbons (Fsp3) is 0.0476. The van der Waals surface area contributed by atoms with E-state index >= 15 is 0 Å². The molecule has 2 aromatic carbocycles. The van der Waals surface area contributed by atoms with E-state index in [1.165, 1.54) is 19.2 Å². The fourth-order valence-corrected chi connectivity index (χ4v) is 3.15. The van der Waals surface area contributed by atoms with Crippen LogP contribution in [0.25, 0.3) is 22.6 Å². The molecule has 4 aromatic rings. The lowest BCUT2D eigenvalue weighted by atomic mass is 10.1. The normalized spacial score (nSPS) is 10.5. The Labute approximate surface area is 186 Å². The number of hydrogen-bond donors (Lipinski definition) is 2. The number of methoxy groups -OCH3 is 1. The summed E-state index contributed by atoms with van der Waals surface area (Å²) in [6.45, 7) is 0. The molecule has 2 heterocycles. The van der Waals surface area contributed by atoms with Crippen molar-refractivity contribution >= 4 is 45.7 Å². The van der Waals surface area contributed by atoms with Crippen molar-refractivity contribution in [3.8, 4) is 17.2 Å². The molecule has 1 amide bonds. The number of aromatic nitrogens is 2. The Morgan fingerprint density at radius 3 is 2.66 bits per heavy atom. The highest BCUT2D eigenvalue weighted by Gasteiger charge is 2.19. The molecule has 0 bridgehead atoms. The molecule has 0 saturated carbocycles. The van der Waals surface area contributed by atoms with Gasteiger partial charge in [0.05, 0.1) is 12.0 Å². The van der Waals surface area contributed by atoms with Gasteiger partial charge in [0.2, 0.25) is 5.89 Å². The third kappa shape index (κ3) is 4.37. The first kappa shape index (κ1) is 20.9. The lowest BCUT2D eigenvalue weighted by Gasteiger charge is -2.10. The van der Waals surface area contributed by atoms with Crippen LogP contribution >= 0.6 is 12.2 Å². The summed E-state index contributed by atoms with van der Waals surface area (Å²) in [5, 5.41) is 16.6. The van der Waals surface area contributed by atoms with E-state index in [0.29, 0.717) is 22.7 Å². The molecule has 0 saturated heterocycles. The van der Waals surface area contributed by atoms with Crippen LogP contribution in [0.1, 0.15) is 10.4 Å². The van der Waals surface area contributed by atoms with Crippen LogP contribution in [0.15, 0.2) is 65.3 Å². The zero-order valence-electron chi connectivity index (χ0n) is 16.6. The summed E-state index contributed by atoms with van der Waals surface area (Å²) < 4.78 is 10.7. The predicted octanol–water partition coefficient (Wildman–Crippen LogP) is 3.93. The highest BCUT2D eigenvalue weighted by Crippen LogP contribution is 2.28. The maximum Gasteiger partial charge on any atom is 0.311 e. The summed E-state index contributed by atoms with van der Waals surface area (Å²) >= 11 is 5.20. The van der Waals surface area contributed by atoms with Gasteiger partial charge in [-0.05, 0) is 54.7 Å². The van der Waals surface area contributed by atoms with Crippen LogP contribution in [0.5, 0.6) is 5.75 Å². The summed E-state index contributed by atoms with van der Waals surface area (Å²) in [5.41, 5.74) is 2.31. The smallest absolute Gasteiger partial charge is 0.311 e. The van der Waals surface area contributed by atoms with Crippen molar-refractivity contribution < 1.29 is 18.9 Å².